The van der Waals surface area contributed by atoms with Crippen molar-refractivity contribution >= 4 is 22.8 Å². The second kappa shape index (κ2) is 7.99. The van der Waals surface area contributed by atoms with Gasteiger partial charge in [-0.25, -0.2) is 9.97 Å². The molecule has 0 spiro atoms. The Hall–Kier alpha value is -3.28. The van der Waals surface area contributed by atoms with Crippen molar-refractivity contribution in [3.63, 3.8) is 0 Å². The number of nitrogens with one attached hydrogen (secondary N) is 1. The summed E-state index contributed by atoms with van der Waals surface area (Å²) < 4.78 is 0. The summed E-state index contributed by atoms with van der Waals surface area (Å²) in [5, 5.41) is 3.10. The molecule has 6 heteroatoms. The molecule has 2 aromatic carbocycles. The van der Waals surface area contributed by atoms with Crippen LogP contribution in [0.25, 0.3) is 11.0 Å². The lowest BCUT2D eigenvalue weighted by Gasteiger charge is -2.32. The number of aromatic nitrogens is 2. The highest BCUT2D eigenvalue weighted by Gasteiger charge is 2.25. The van der Waals surface area contributed by atoms with E-state index in [2.05, 4.69) is 15.3 Å². The van der Waals surface area contributed by atoms with Gasteiger partial charge in [0.2, 0.25) is 0 Å². The highest BCUT2D eigenvalue weighted by Crippen LogP contribution is 2.17. The SMILES string of the molecule is Cc1nc2ccc(C(=O)NC3CCN(C(=O)c4ccccc4)CC3)cc2nc1C. The van der Waals surface area contributed by atoms with Gasteiger partial charge in [0, 0.05) is 30.3 Å². The number of carbonyl (C=O) groups is 2. The number of hydrogen-bond acceptors (Lipinski definition) is 4. The summed E-state index contributed by atoms with van der Waals surface area (Å²) in [5.74, 6) is -0.0612. The second-order valence-electron chi connectivity index (χ2n) is 7.50. The summed E-state index contributed by atoms with van der Waals surface area (Å²) in [6, 6.07) is 14.8. The molecule has 0 saturated carbocycles. The number of benzene rings is 2. The Kier molecular flexibility index (Phi) is 5.25. The maximum atomic E-state index is 12.7. The van der Waals surface area contributed by atoms with E-state index in [0.29, 0.717) is 24.2 Å². The number of fused-ring (bicyclic) bond motifs is 1. The van der Waals surface area contributed by atoms with Crippen molar-refractivity contribution in [3.05, 3.63) is 71.0 Å². The number of piperidine rings is 1. The molecule has 1 saturated heterocycles. The van der Waals surface area contributed by atoms with Gasteiger partial charge in [0.05, 0.1) is 22.4 Å². The Morgan fingerprint density at radius 1 is 0.897 bits per heavy atom. The molecule has 1 fully saturated rings. The molecule has 29 heavy (non-hydrogen) atoms. The molecule has 6 nitrogen and oxygen atoms in total. The summed E-state index contributed by atoms with van der Waals surface area (Å²) in [4.78, 5) is 36.2. The van der Waals surface area contributed by atoms with E-state index in [0.717, 1.165) is 35.3 Å². The highest BCUT2D eigenvalue weighted by atomic mass is 16.2. The summed E-state index contributed by atoms with van der Waals surface area (Å²) in [6.45, 7) is 5.12. The molecule has 0 unspecified atom stereocenters. The maximum Gasteiger partial charge on any atom is 0.253 e. The molecule has 1 aliphatic rings. The average molecular weight is 388 g/mol. The number of aryl methyl sites for hydroxylation is 2. The first-order valence-electron chi connectivity index (χ1n) is 9.91. The van der Waals surface area contributed by atoms with Crippen LogP contribution in [0.3, 0.4) is 0 Å². The minimum atomic E-state index is -0.111. The van der Waals surface area contributed by atoms with Gasteiger partial charge in [-0.15, -0.1) is 0 Å². The van der Waals surface area contributed by atoms with Crippen molar-refractivity contribution in [2.24, 2.45) is 0 Å². The van der Waals surface area contributed by atoms with Gasteiger partial charge in [-0.1, -0.05) is 18.2 Å². The normalized spacial score (nSPS) is 14.8. The van der Waals surface area contributed by atoms with E-state index in [1.165, 1.54) is 0 Å². The topological polar surface area (TPSA) is 75.2 Å². The van der Waals surface area contributed by atoms with Crippen LogP contribution in [0, 0.1) is 13.8 Å². The largest absolute Gasteiger partial charge is 0.349 e. The van der Waals surface area contributed by atoms with Gasteiger partial charge in [0.1, 0.15) is 0 Å². The van der Waals surface area contributed by atoms with Gasteiger partial charge in [-0.3, -0.25) is 9.59 Å². The van der Waals surface area contributed by atoms with Gasteiger partial charge in [0.15, 0.2) is 0 Å². The van der Waals surface area contributed by atoms with E-state index in [1.807, 2.05) is 55.1 Å². The first-order chi connectivity index (χ1) is 14.0. The lowest BCUT2D eigenvalue weighted by molar-refractivity contribution is 0.0698. The third kappa shape index (κ3) is 4.11. The standard InChI is InChI=1S/C23H24N4O2/c1-15-16(2)25-21-14-18(8-9-20(21)24-15)22(28)26-19-10-12-27(13-11-19)23(29)17-6-4-3-5-7-17/h3-9,14,19H,10-13H2,1-2H3,(H,26,28). The molecular weight excluding hydrogens is 364 g/mol. The van der Waals surface area contributed by atoms with Gasteiger partial charge in [-0.05, 0) is 57.0 Å². The zero-order valence-electron chi connectivity index (χ0n) is 16.7. The zero-order chi connectivity index (χ0) is 20.4. The van der Waals surface area contributed by atoms with Crippen LogP contribution in [0.15, 0.2) is 48.5 Å². The fourth-order valence-electron chi connectivity index (χ4n) is 3.63. The molecule has 148 valence electrons. The molecule has 1 aromatic heterocycles. The minimum absolute atomic E-state index is 0.0501. The van der Waals surface area contributed by atoms with Gasteiger partial charge in [0.25, 0.3) is 11.8 Å². The molecule has 0 bridgehead atoms. The monoisotopic (exact) mass is 388 g/mol. The Morgan fingerprint density at radius 2 is 1.55 bits per heavy atom. The third-order valence-electron chi connectivity index (χ3n) is 5.48. The highest BCUT2D eigenvalue weighted by molar-refractivity contribution is 5.97. The van der Waals surface area contributed by atoms with Crippen molar-refractivity contribution in [1.29, 1.82) is 0 Å². The van der Waals surface area contributed by atoms with Crippen molar-refractivity contribution in [2.45, 2.75) is 32.7 Å². The predicted octanol–water partition coefficient (Wildman–Crippen LogP) is 3.28. The van der Waals surface area contributed by atoms with E-state index < -0.39 is 0 Å². The Morgan fingerprint density at radius 3 is 2.24 bits per heavy atom. The van der Waals surface area contributed by atoms with Crippen LogP contribution < -0.4 is 5.32 Å². The van der Waals surface area contributed by atoms with E-state index >= 15 is 0 Å². The molecule has 0 radical (unpaired) electrons. The number of carbonyl (C=O) groups excluding carboxylic acids is 2. The molecule has 2 heterocycles. The van der Waals surface area contributed by atoms with Gasteiger partial charge >= 0.3 is 0 Å². The first-order valence-corrected chi connectivity index (χ1v) is 9.91. The van der Waals surface area contributed by atoms with Crippen molar-refractivity contribution in [2.75, 3.05) is 13.1 Å². The quantitative estimate of drug-likeness (QED) is 0.747. The number of amides is 2. The van der Waals surface area contributed by atoms with Crippen LogP contribution in [-0.4, -0.2) is 45.8 Å². The van der Waals surface area contributed by atoms with Crippen molar-refractivity contribution < 1.29 is 9.59 Å². The van der Waals surface area contributed by atoms with E-state index in [1.54, 1.807) is 12.1 Å². The lowest BCUT2D eigenvalue weighted by Crippen LogP contribution is -2.46. The molecule has 1 N–H and O–H groups in total. The lowest BCUT2D eigenvalue weighted by atomic mass is 10.0. The molecule has 0 atom stereocenters. The van der Waals surface area contributed by atoms with Crippen LogP contribution in [-0.2, 0) is 0 Å². The number of rotatable bonds is 3. The first kappa shape index (κ1) is 19.1. The van der Waals surface area contributed by atoms with E-state index in [-0.39, 0.29) is 17.9 Å². The molecule has 4 rings (SSSR count). The van der Waals surface area contributed by atoms with Crippen LogP contribution in [0.4, 0.5) is 0 Å². The summed E-state index contributed by atoms with van der Waals surface area (Å²) in [5.41, 5.74) is 4.56. The molecule has 3 aromatic rings. The van der Waals surface area contributed by atoms with Gasteiger partial charge < -0.3 is 10.2 Å². The van der Waals surface area contributed by atoms with Gasteiger partial charge in [-0.2, -0.15) is 0 Å². The van der Waals surface area contributed by atoms with Crippen molar-refractivity contribution in [1.82, 2.24) is 20.2 Å². The molecule has 1 aliphatic heterocycles. The Bertz CT molecular complexity index is 1060. The predicted molar refractivity (Wildman–Crippen MR) is 112 cm³/mol. The van der Waals surface area contributed by atoms with E-state index in [4.69, 9.17) is 0 Å². The van der Waals surface area contributed by atoms with Crippen LogP contribution >= 0.6 is 0 Å². The van der Waals surface area contributed by atoms with Crippen LogP contribution in [0.2, 0.25) is 0 Å². The number of likely N-dealkylation sites (tertiary alicyclic amines) is 1. The fraction of sp³-hybridized carbons (Fsp3) is 0.304. The van der Waals surface area contributed by atoms with E-state index in [9.17, 15) is 9.59 Å². The molecule has 2 amide bonds. The average Bonchev–Trinajstić information content (AvgIpc) is 2.75. The van der Waals surface area contributed by atoms with Crippen LogP contribution in [0.1, 0.15) is 44.9 Å². The molecule has 0 aliphatic carbocycles. The summed E-state index contributed by atoms with van der Waals surface area (Å²) in [6.07, 6.45) is 1.49. The maximum absolute atomic E-state index is 12.7. The smallest absolute Gasteiger partial charge is 0.253 e. The second-order valence-corrected chi connectivity index (χ2v) is 7.50. The fourth-order valence-corrected chi connectivity index (χ4v) is 3.63. The third-order valence-corrected chi connectivity index (χ3v) is 5.48. The minimum Gasteiger partial charge on any atom is -0.349 e. The summed E-state index contributed by atoms with van der Waals surface area (Å²) >= 11 is 0. The summed E-state index contributed by atoms with van der Waals surface area (Å²) in [7, 11) is 0. The van der Waals surface area contributed by atoms with Crippen molar-refractivity contribution in [3.8, 4) is 0 Å². The Labute approximate surface area is 170 Å². The number of nitrogens with zero attached hydrogens (tertiary/aromatic N) is 3. The zero-order valence-corrected chi connectivity index (χ0v) is 16.7. The Balaban J connectivity index is 1.38. The number of hydrogen-bond donors (Lipinski definition) is 1. The molecular formula is C23H24N4O2. The van der Waals surface area contributed by atoms with Crippen LogP contribution in [0.5, 0.6) is 0 Å².